The molecule has 0 aromatic heterocycles. The molecule has 0 unspecified atom stereocenters. The van der Waals surface area contributed by atoms with Crippen LogP contribution < -0.4 is 4.90 Å². The number of hydrogen-bond acceptors (Lipinski definition) is 1. The van der Waals surface area contributed by atoms with Crippen molar-refractivity contribution in [2.45, 2.75) is 27.7 Å². The highest BCUT2D eigenvalue weighted by molar-refractivity contribution is 5.57. The van der Waals surface area contributed by atoms with Crippen LogP contribution in [0.1, 0.15) is 33.3 Å². The first-order valence-electron chi connectivity index (χ1n) is 7.46. The van der Waals surface area contributed by atoms with Crippen LogP contribution in [0, 0.1) is 0 Å². The zero-order valence-corrected chi connectivity index (χ0v) is 14.4. The molecule has 0 saturated heterocycles. The van der Waals surface area contributed by atoms with E-state index in [9.17, 15) is 0 Å². The first-order valence-corrected chi connectivity index (χ1v) is 7.46. The van der Waals surface area contributed by atoms with Crippen molar-refractivity contribution in [3.63, 3.8) is 0 Å². The molecule has 0 N–H and O–H groups in total. The number of anilines is 1. The first kappa shape index (κ1) is 19.0. The summed E-state index contributed by atoms with van der Waals surface area (Å²) < 4.78 is 0. The quantitative estimate of drug-likeness (QED) is 0.611. The second-order valence-electron chi connectivity index (χ2n) is 4.78. The van der Waals surface area contributed by atoms with Crippen LogP contribution in [-0.2, 0) is 0 Å². The maximum Gasteiger partial charge on any atom is 0.0361 e. The van der Waals surface area contributed by atoms with Gasteiger partial charge in [-0.25, -0.2) is 0 Å². The second-order valence-corrected chi connectivity index (χ2v) is 4.78. The molecule has 1 aromatic carbocycles. The second kappa shape index (κ2) is 10.7. The maximum atomic E-state index is 3.68. The summed E-state index contributed by atoms with van der Waals surface area (Å²) >= 11 is 0. The molecule has 0 amide bonds. The van der Waals surface area contributed by atoms with E-state index in [1.54, 1.807) is 6.08 Å². The Balaban J connectivity index is 0.00000191. The third-order valence-corrected chi connectivity index (χ3v) is 3.04. The minimum absolute atomic E-state index is 1.21. The van der Waals surface area contributed by atoms with Gasteiger partial charge in [-0.1, -0.05) is 62.9 Å². The van der Waals surface area contributed by atoms with Crippen molar-refractivity contribution < 1.29 is 0 Å². The average molecular weight is 283 g/mol. The summed E-state index contributed by atoms with van der Waals surface area (Å²) in [5, 5.41) is 0. The Kier molecular flexibility index (Phi) is 9.70. The number of nitrogens with zero attached hydrogens (tertiary/aromatic N) is 1. The molecule has 0 spiro atoms. The molecule has 1 nitrogen and oxygen atoms in total. The Bertz CT molecular complexity index is 499. The summed E-state index contributed by atoms with van der Waals surface area (Å²) in [7, 11) is 4.10. The Morgan fingerprint density at radius 3 is 1.95 bits per heavy atom. The van der Waals surface area contributed by atoms with Gasteiger partial charge in [-0.3, -0.25) is 0 Å². The summed E-state index contributed by atoms with van der Waals surface area (Å²) in [6.45, 7) is 11.9. The Hall–Kier alpha value is -2.02. The lowest BCUT2D eigenvalue weighted by molar-refractivity contribution is 1.13. The van der Waals surface area contributed by atoms with E-state index in [0.717, 1.165) is 0 Å². The fraction of sp³-hybridized carbons (Fsp3) is 0.300. The van der Waals surface area contributed by atoms with Gasteiger partial charge in [0.2, 0.25) is 0 Å². The van der Waals surface area contributed by atoms with Gasteiger partial charge >= 0.3 is 0 Å². The zero-order valence-electron chi connectivity index (χ0n) is 14.4. The van der Waals surface area contributed by atoms with Crippen LogP contribution in [0.4, 0.5) is 5.69 Å². The molecule has 21 heavy (non-hydrogen) atoms. The first-order chi connectivity index (χ1) is 10.0. The van der Waals surface area contributed by atoms with Gasteiger partial charge < -0.3 is 4.90 Å². The molecular formula is C20H29N. The van der Waals surface area contributed by atoms with Crippen molar-refractivity contribution in [3.05, 3.63) is 71.9 Å². The molecule has 0 aliphatic heterocycles. The Morgan fingerprint density at radius 1 is 0.952 bits per heavy atom. The Morgan fingerprint density at radius 2 is 1.48 bits per heavy atom. The molecule has 0 heterocycles. The minimum Gasteiger partial charge on any atom is -0.378 e. The average Bonchev–Trinajstić information content (AvgIpc) is 2.52. The Labute approximate surface area is 131 Å². The molecule has 1 heteroatoms. The summed E-state index contributed by atoms with van der Waals surface area (Å²) in [6, 6.07) is 8.52. The number of rotatable bonds is 5. The lowest BCUT2D eigenvalue weighted by Crippen LogP contribution is -2.07. The van der Waals surface area contributed by atoms with Crippen LogP contribution >= 0.6 is 0 Å². The highest BCUT2D eigenvalue weighted by Gasteiger charge is 1.94. The van der Waals surface area contributed by atoms with E-state index in [4.69, 9.17) is 0 Å². The lowest BCUT2D eigenvalue weighted by atomic mass is 10.1. The predicted octanol–water partition coefficient (Wildman–Crippen LogP) is 5.87. The molecule has 1 rings (SSSR count). The third kappa shape index (κ3) is 7.36. The summed E-state index contributed by atoms with van der Waals surface area (Å²) in [6.07, 6.45) is 10.1. The highest BCUT2D eigenvalue weighted by Crippen LogP contribution is 2.15. The molecule has 114 valence electrons. The molecule has 0 radical (unpaired) electrons. The molecule has 0 atom stereocenters. The van der Waals surface area contributed by atoms with Gasteiger partial charge in [-0.05, 0) is 42.7 Å². The molecule has 0 fully saturated rings. The molecule has 0 bridgehead atoms. The van der Waals surface area contributed by atoms with Gasteiger partial charge in [-0.15, -0.1) is 0 Å². The van der Waals surface area contributed by atoms with Crippen LogP contribution in [0.25, 0.3) is 6.08 Å². The van der Waals surface area contributed by atoms with Gasteiger partial charge in [0.05, 0.1) is 0 Å². The van der Waals surface area contributed by atoms with E-state index >= 15 is 0 Å². The molecule has 0 aliphatic carbocycles. The summed E-state index contributed by atoms with van der Waals surface area (Å²) in [4.78, 5) is 2.10. The number of benzene rings is 1. The van der Waals surface area contributed by atoms with Crippen LogP contribution in [0.15, 0.2) is 66.3 Å². The molecule has 0 aliphatic rings. The van der Waals surface area contributed by atoms with E-state index < -0.39 is 0 Å². The van der Waals surface area contributed by atoms with Gasteiger partial charge in [-0.2, -0.15) is 0 Å². The van der Waals surface area contributed by atoms with Crippen molar-refractivity contribution in [2.24, 2.45) is 0 Å². The monoisotopic (exact) mass is 283 g/mol. The summed E-state index contributed by atoms with van der Waals surface area (Å²) in [5.41, 5.74) is 4.94. The van der Waals surface area contributed by atoms with Crippen LogP contribution in [0.2, 0.25) is 0 Å². The summed E-state index contributed by atoms with van der Waals surface area (Å²) in [5.74, 6) is 0. The van der Waals surface area contributed by atoms with Crippen molar-refractivity contribution in [1.82, 2.24) is 0 Å². The number of hydrogen-bond donors (Lipinski definition) is 0. The predicted molar refractivity (Wildman–Crippen MR) is 98.9 cm³/mol. The van der Waals surface area contributed by atoms with Crippen molar-refractivity contribution in [1.29, 1.82) is 0 Å². The van der Waals surface area contributed by atoms with Gasteiger partial charge in [0, 0.05) is 19.8 Å². The fourth-order valence-electron chi connectivity index (χ4n) is 1.58. The zero-order chi connectivity index (χ0) is 16.3. The highest BCUT2D eigenvalue weighted by atomic mass is 15.1. The lowest BCUT2D eigenvalue weighted by Gasteiger charge is -2.11. The maximum absolute atomic E-state index is 3.68. The standard InChI is InChI=1S/C18H23N.C2H6/c1-6-7-8-15(2)16(3)9-10-17-11-13-18(14-12-17)19(4)5;1-2/h6-14H,1H2,2-5H3;1-2H3/b8-7-,10-9+,16-15+;. The van der Waals surface area contributed by atoms with Crippen LogP contribution in [0.3, 0.4) is 0 Å². The van der Waals surface area contributed by atoms with Gasteiger partial charge in [0.15, 0.2) is 0 Å². The van der Waals surface area contributed by atoms with Gasteiger partial charge in [0.25, 0.3) is 0 Å². The topological polar surface area (TPSA) is 3.24 Å². The molecule has 1 aromatic rings. The van der Waals surface area contributed by atoms with Crippen LogP contribution in [0.5, 0.6) is 0 Å². The molecule has 0 saturated carbocycles. The van der Waals surface area contributed by atoms with Crippen molar-refractivity contribution in [3.8, 4) is 0 Å². The third-order valence-electron chi connectivity index (χ3n) is 3.04. The normalized spacial score (nSPS) is 11.9. The SMILES string of the molecule is C=C\C=C/C(C)=C(C)/C=C/c1ccc(N(C)C)cc1.CC. The smallest absolute Gasteiger partial charge is 0.0361 e. The van der Waals surface area contributed by atoms with Crippen molar-refractivity contribution >= 4 is 11.8 Å². The van der Waals surface area contributed by atoms with E-state index in [1.807, 2.05) is 34.0 Å². The van der Waals surface area contributed by atoms with E-state index in [1.165, 1.54) is 22.4 Å². The van der Waals surface area contributed by atoms with E-state index in [2.05, 4.69) is 67.8 Å². The number of allylic oxidation sites excluding steroid dienone is 6. The van der Waals surface area contributed by atoms with Crippen LogP contribution in [-0.4, -0.2) is 14.1 Å². The van der Waals surface area contributed by atoms with Crippen molar-refractivity contribution in [2.75, 3.05) is 19.0 Å². The minimum atomic E-state index is 1.21. The van der Waals surface area contributed by atoms with Gasteiger partial charge in [0.1, 0.15) is 0 Å². The van der Waals surface area contributed by atoms with E-state index in [0.29, 0.717) is 0 Å². The fourth-order valence-corrected chi connectivity index (χ4v) is 1.58. The van der Waals surface area contributed by atoms with E-state index in [-0.39, 0.29) is 0 Å². The molecular weight excluding hydrogens is 254 g/mol. The largest absolute Gasteiger partial charge is 0.378 e.